The number of rotatable bonds is 3. The molecule has 1 saturated heterocycles. The monoisotopic (exact) mass is 274 g/mol. The molecule has 2 heterocycles. The number of benzene rings is 1. The quantitative estimate of drug-likeness (QED) is 0.881. The van der Waals surface area contributed by atoms with Gasteiger partial charge in [0.25, 0.3) is 0 Å². The van der Waals surface area contributed by atoms with Crippen LogP contribution in [0, 0.1) is 0 Å². The first-order valence-electron chi connectivity index (χ1n) is 6.40. The van der Waals surface area contributed by atoms with Crippen molar-refractivity contribution < 1.29 is 14.6 Å². The molecule has 1 N–H and O–H groups in total. The van der Waals surface area contributed by atoms with Gasteiger partial charge in [0.15, 0.2) is 0 Å². The molecule has 2 aromatic rings. The van der Waals surface area contributed by atoms with E-state index in [-0.39, 0.29) is 12.5 Å². The number of para-hydroxylation sites is 1. The summed E-state index contributed by atoms with van der Waals surface area (Å²) in [6.45, 7) is 1.57. The first-order chi connectivity index (χ1) is 9.72. The topological polar surface area (TPSA) is 88.4 Å². The standard InChI is InChI=1S/C13H14N4O3/c18-12(19)7-9-8-17(5-6-20-9)13-14-10-3-1-2-4-11(10)15-16-13/h1-4,9H,5-8H2,(H,18,19). The molecular formula is C13H14N4O3. The van der Waals surface area contributed by atoms with Crippen LogP contribution in [0.25, 0.3) is 11.0 Å². The number of anilines is 1. The van der Waals surface area contributed by atoms with Crippen LogP contribution in [0.2, 0.25) is 0 Å². The number of aromatic nitrogens is 3. The molecule has 0 radical (unpaired) electrons. The lowest BCUT2D eigenvalue weighted by molar-refractivity contribution is -0.140. The molecule has 0 bridgehead atoms. The Bertz CT molecular complexity index is 634. The fourth-order valence-electron chi connectivity index (χ4n) is 2.23. The van der Waals surface area contributed by atoms with E-state index in [0.29, 0.717) is 25.6 Å². The first kappa shape index (κ1) is 12.7. The van der Waals surface area contributed by atoms with Crippen molar-refractivity contribution >= 4 is 23.0 Å². The Labute approximate surface area is 115 Å². The smallest absolute Gasteiger partial charge is 0.306 e. The number of fused-ring (bicyclic) bond motifs is 1. The van der Waals surface area contributed by atoms with E-state index in [2.05, 4.69) is 15.2 Å². The van der Waals surface area contributed by atoms with Crippen LogP contribution in [0.4, 0.5) is 5.95 Å². The molecule has 1 unspecified atom stereocenters. The van der Waals surface area contributed by atoms with Crippen LogP contribution in [0.15, 0.2) is 24.3 Å². The van der Waals surface area contributed by atoms with Crippen LogP contribution in [-0.4, -0.2) is 52.1 Å². The van der Waals surface area contributed by atoms with Gasteiger partial charge in [-0.15, -0.1) is 10.2 Å². The summed E-state index contributed by atoms with van der Waals surface area (Å²) < 4.78 is 5.43. The van der Waals surface area contributed by atoms with Gasteiger partial charge in [-0.05, 0) is 12.1 Å². The van der Waals surface area contributed by atoms with Gasteiger partial charge < -0.3 is 14.7 Å². The summed E-state index contributed by atoms with van der Waals surface area (Å²) in [6.07, 6.45) is -0.353. The molecule has 104 valence electrons. The minimum absolute atomic E-state index is 0.0164. The van der Waals surface area contributed by atoms with Crippen LogP contribution in [0.5, 0.6) is 0 Å². The lowest BCUT2D eigenvalue weighted by atomic mass is 10.2. The van der Waals surface area contributed by atoms with E-state index in [1.807, 2.05) is 29.2 Å². The number of carboxylic acids is 1. The van der Waals surface area contributed by atoms with Crippen LogP contribution in [0.3, 0.4) is 0 Å². The van der Waals surface area contributed by atoms with E-state index < -0.39 is 5.97 Å². The predicted molar refractivity (Wildman–Crippen MR) is 71.5 cm³/mol. The largest absolute Gasteiger partial charge is 0.481 e. The molecule has 7 nitrogen and oxygen atoms in total. The fraction of sp³-hybridized carbons (Fsp3) is 0.385. The van der Waals surface area contributed by atoms with Gasteiger partial charge in [0.2, 0.25) is 5.95 Å². The Kier molecular flexibility index (Phi) is 3.42. The summed E-state index contributed by atoms with van der Waals surface area (Å²) in [6, 6.07) is 7.51. The summed E-state index contributed by atoms with van der Waals surface area (Å²) in [4.78, 5) is 17.1. The van der Waals surface area contributed by atoms with Gasteiger partial charge in [0.05, 0.1) is 24.6 Å². The molecule has 20 heavy (non-hydrogen) atoms. The molecule has 0 amide bonds. The average molecular weight is 274 g/mol. The second-order valence-electron chi connectivity index (χ2n) is 4.64. The van der Waals surface area contributed by atoms with Gasteiger partial charge >= 0.3 is 5.97 Å². The average Bonchev–Trinajstić information content (AvgIpc) is 2.46. The lowest BCUT2D eigenvalue weighted by Gasteiger charge is -2.31. The van der Waals surface area contributed by atoms with Crippen molar-refractivity contribution in [2.75, 3.05) is 24.6 Å². The van der Waals surface area contributed by atoms with E-state index in [4.69, 9.17) is 9.84 Å². The van der Waals surface area contributed by atoms with Crippen molar-refractivity contribution in [2.24, 2.45) is 0 Å². The first-order valence-corrected chi connectivity index (χ1v) is 6.40. The number of aliphatic carboxylic acids is 1. The number of nitrogens with zero attached hydrogens (tertiary/aromatic N) is 4. The van der Waals surface area contributed by atoms with Crippen LogP contribution < -0.4 is 4.90 Å². The highest BCUT2D eigenvalue weighted by Gasteiger charge is 2.24. The van der Waals surface area contributed by atoms with E-state index in [1.54, 1.807) is 0 Å². The number of ether oxygens (including phenoxy) is 1. The Morgan fingerprint density at radius 2 is 2.15 bits per heavy atom. The van der Waals surface area contributed by atoms with E-state index >= 15 is 0 Å². The highest BCUT2D eigenvalue weighted by Crippen LogP contribution is 2.16. The number of carbonyl (C=O) groups is 1. The van der Waals surface area contributed by atoms with Crippen molar-refractivity contribution in [3.05, 3.63) is 24.3 Å². The summed E-state index contributed by atoms with van der Waals surface area (Å²) in [5.41, 5.74) is 1.52. The van der Waals surface area contributed by atoms with Crippen molar-refractivity contribution in [2.45, 2.75) is 12.5 Å². The summed E-state index contributed by atoms with van der Waals surface area (Å²) in [5.74, 6) is -0.350. The highest BCUT2D eigenvalue weighted by molar-refractivity contribution is 5.74. The molecule has 0 saturated carbocycles. The van der Waals surface area contributed by atoms with Crippen molar-refractivity contribution in [3.63, 3.8) is 0 Å². The molecule has 1 aliphatic heterocycles. The highest BCUT2D eigenvalue weighted by atomic mass is 16.5. The van der Waals surface area contributed by atoms with Crippen molar-refractivity contribution in [1.29, 1.82) is 0 Å². The maximum Gasteiger partial charge on any atom is 0.306 e. The van der Waals surface area contributed by atoms with Crippen LogP contribution >= 0.6 is 0 Å². The molecule has 0 spiro atoms. The molecule has 1 atom stereocenters. The number of hydrogen-bond donors (Lipinski definition) is 1. The minimum atomic E-state index is -0.866. The zero-order chi connectivity index (χ0) is 13.9. The predicted octanol–water partition coefficient (Wildman–Crippen LogP) is 0.705. The zero-order valence-electron chi connectivity index (χ0n) is 10.8. The number of hydrogen-bond acceptors (Lipinski definition) is 6. The third-order valence-corrected chi connectivity index (χ3v) is 3.17. The van der Waals surface area contributed by atoms with E-state index in [0.717, 1.165) is 11.0 Å². The molecule has 1 aliphatic rings. The van der Waals surface area contributed by atoms with Gasteiger partial charge in [0.1, 0.15) is 5.52 Å². The molecular weight excluding hydrogens is 260 g/mol. The van der Waals surface area contributed by atoms with Crippen molar-refractivity contribution in [1.82, 2.24) is 15.2 Å². The zero-order valence-corrected chi connectivity index (χ0v) is 10.8. The van der Waals surface area contributed by atoms with E-state index in [9.17, 15) is 4.79 Å². The maximum absolute atomic E-state index is 10.7. The molecule has 1 aromatic carbocycles. The van der Waals surface area contributed by atoms with Gasteiger partial charge in [0, 0.05) is 13.1 Å². The van der Waals surface area contributed by atoms with Gasteiger partial charge in [-0.25, -0.2) is 4.98 Å². The molecule has 7 heteroatoms. The Hall–Kier alpha value is -2.28. The second-order valence-corrected chi connectivity index (χ2v) is 4.64. The fourth-order valence-corrected chi connectivity index (χ4v) is 2.23. The Balaban J connectivity index is 1.81. The van der Waals surface area contributed by atoms with Crippen LogP contribution in [0.1, 0.15) is 6.42 Å². The summed E-state index contributed by atoms with van der Waals surface area (Å²) in [7, 11) is 0. The second kappa shape index (κ2) is 5.38. The van der Waals surface area contributed by atoms with Gasteiger partial charge in [-0.2, -0.15) is 0 Å². The Morgan fingerprint density at radius 1 is 1.35 bits per heavy atom. The molecule has 3 rings (SSSR count). The van der Waals surface area contributed by atoms with Gasteiger partial charge in [-0.1, -0.05) is 12.1 Å². The SMILES string of the molecule is O=C(O)CC1CN(c2nnc3ccccc3n2)CCO1. The minimum Gasteiger partial charge on any atom is -0.481 e. The maximum atomic E-state index is 10.7. The Morgan fingerprint density at radius 3 is 2.95 bits per heavy atom. The third-order valence-electron chi connectivity index (χ3n) is 3.17. The summed E-state index contributed by atoms with van der Waals surface area (Å²) >= 11 is 0. The molecule has 1 aromatic heterocycles. The van der Waals surface area contributed by atoms with Crippen molar-refractivity contribution in [3.8, 4) is 0 Å². The molecule has 1 fully saturated rings. The van der Waals surface area contributed by atoms with Crippen LogP contribution in [-0.2, 0) is 9.53 Å². The van der Waals surface area contributed by atoms with Gasteiger partial charge in [-0.3, -0.25) is 4.79 Å². The lowest BCUT2D eigenvalue weighted by Crippen LogP contribution is -2.44. The van der Waals surface area contributed by atoms with E-state index in [1.165, 1.54) is 0 Å². The normalized spacial score (nSPS) is 19.2. The summed E-state index contributed by atoms with van der Waals surface area (Å²) in [5, 5.41) is 17.1. The number of morpholine rings is 1. The number of carboxylic acid groups (broad SMARTS) is 1. The molecule has 0 aliphatic carbocycles. The third kappa shape index (κ3) is 2.67.